The lowest BCUT2D eigenvalue weighted by atomic mass is 9.94. The number of anilines is 4. The van der Waals surface area contributed by atoms with E-state index < -0.39 is 62.2 Å². The number of nitrogens with zero attached hydrogens (tertiary/aromatic N) is 6. The van der Waals surface area contributed by atoms with Crippen molar-refractivity contribution in [1.82, 2.24) is 19.9 Å². The van der Waals surface area contributed by atoms with Gasteiger partial charge in [-0.1, -0.05) is 18.2 Å². The summed E-state index contributed by atoms with van der Waals surface area (Å²) < 4.78 is 103. The molecule has 0 bridgehead atoms. The van der Waals surface area contributed by atoms with E-state index in [1.165, 1.54) is 18.2 Å². The number of nitrogens with two attached hydrogens (primary N) is 1. The van der Waals surface area contributed by atoms with Gasteiger partial charge in [0, 0.05) is 61.3 Å². The molecule has 0 saturated carbocycles. The summed E-state index contributed by atoms with van der Waals surface area (Å²) in [6, 6.07) is 9.50. The van der Waals surface area contributed by atoms with Crippen molar-refractivity contribution in [3.05, 3.63) is 69.8 Å². The Morgan fingerprint density at radius 2 is 1.60 bits per heavy atom. The number of nitrogens with one attached hydrogen (secondary N) is 2. The molecule has 1 saturated heterocycles. The Kier molecular flexibility index (Phi) is 10.0. The first kappa shape index (κ1) is 37.1. The van der Waals surface area contributed by atoms with Crippen LogP contribution in [-0.2, 0) is 30.4 Å². The maximum Gasteiger partial charge on any atom is 0.297 e. The van der Waals surface area contributed by atoms with Gasteiger partial charge in [0.2, 0.25) is 23.0 Å². The number of hydrogen-bond acceptors (Lipinski definition) is 16. The highest BCUT2D eigenvalue weighted by atomic mass is 35.5. The average Bonchev–Trinajstić information content (AvgIpc) is 3.06. The van der Waals surface area contributed by atoms with Gasteiger partial charge >= 0.3 is 0 Å². The number of hydrogen-bond donors (Lipinski definition) is 6. The van der Waals surface area contributed by atoms with Gasteiger partial charge in [0.25, 0.3) is 30.4 Å². The number of allylic oxidation sites excluding steroid dienone is 1. The minimum atomic E-state index is -5.14. The van der Waals surface area contributed by atoms with Crippen LogP contribution >= 0.6 is 11.6 Å². The Morgan fingerprint density at radius 1 is 0.865 bits per heavy atom. The highest BCUT2D eigenvalue weighted by molar-refractivity contribution is 7.91. The number of carbonyl (C=O) groups is 1. The second-order valence-electron chi connectivity index (χ2n) is 11.4. The number of rotatable bonds is 10. The van der Waals surface area contributed by atoms with E-state index in [0.29, 0.717) is 31.3 Å². The fourth-order valence-corrected chi connectivity index (χ4v) is 8.11. The topological polar surface area (TPSA) is 288 Å². The zero-order valence-corrected chi connectivity index (χ0v) is 29.7. The number of fused-ring (bicyclic) bond motifs is 2. The quantitative estimate of drug-likeness (QED) is 0.0987. The zero-order chi connectivity index (χ0) is 37.6. The lowest BCUT2D eigenvalue weighted by Crippen LogP contribution is -2.48. The number of aromatic nitrogens is 3. The summed E-state index contributed by atoms with van der Waals surface area (Å²) in [6.07, 6.45) is 0.965. The van der Waals surface area contributed by atoms with Crippen LogP contribution in [0.25, 0.3) is 16.8 Å². The van der Waals surface area contributed by atoms with Gasteiger partial charge in [0.05, 0.1) is 5.69 Å². The predicted molar refractivity (Wildman–Crippen MR) is 191 cm³/mol. The van der Waals surface area contributed by atoms with E-state index in [9.17, 15) is 43.7 Å². The van der Waals surface area contributed by atoms with Crippen molar-refractivity contribution in [3.63, 3.8) is 0 Å². The third-order valence-corrected chi connectivity index (χ3v) is 11.0. The highest BCUT2D eigenvalue weighted by Crippen LogP contribution is 2.35. The molecule has 0 amide bonds. The number of hydrazone groups is 1. The summed E-state index contributed by atoms with van der Waals surface area (Å²) in [6.45, 7) is 4.03. The number of ketones is 1. The zero-order valence-electron chi connectivity index (χ0n) is 26.5. The average molecular weight is 794 g/mol. The van der Waals surface area contributed by atoms with Gasteiger partial charge in [0.1, 0.15) is 14.7 Å². The van der Waals surface area contributed by atoms with E-state index in [1.807, 2.05) is 4.90 Å². The molecule has 1 fully saturated rings. The summed E-state index contributed by atoms with van der Waals surface area (Å²) in [4.78, 5) is 28.0. The van der Waals surface area contributed by atoms with Crippen molar-refractivity contribution in [3.8, 4) is 0 Å². The van der Waals surface area contributed by atoms with Gasteiger partial charge < -0.3 is 16.0 Å². The van der Waals surface area contributed by atoms with Gasteiger partial charge in [-0.15, -0.1) is 0 Å². The monoisotopic (exact) mass is 793 g/mol. The summed E-state index contributed by atoms with van der Waals surface area (Å²) in [5.74, 6) is -0.612. The van der Waals surface area contributed by atoms with Crippen molar-refractivity contribution in [1.29, 1.82) is 0 Å². The molecule has 0 radical (unpaired) electrons. The Hall–Kier alpha value is -4.65. The van der Waals surface area contributed by atoms with Crippen LogP contribution in [0.2, 0.25) is 5.28 Å². The Bertz CT molecular complexity index is 2530. The van der Waals surface area contributed by atoms with E-state index >= 15 is 0 Å². The van der Waals surface area contributed by atoms with Crippen LogP contribution in [-0.4, -0.2) is 110 Å². The number of halogens is 1. The van der Waals surface area contributed by atoms with Crippen LogP contribution in [0.4, 0.5) is 23.3 Å². The van der Waals surface area contributed by atoms with Crippen LogP contribution in [0, 0.1) is 0 Å². The normalized spacial score (nSPS) is 16.6. The maximum absolute atomic E-state index is 13.6. The SMILES string of the molecule is NCCN1CCN(c2nc(Cl)nc(Nc3ccc4c(c3)C=C(S(=O)(=O)O)/C(=N\Nc3ccc5c(S(=O)(=O)O)cccc5c3S(=O)(=O)O)C4=O)n2)CC1. The predicted octanol–water partition coefficient (Wildman–Crippen LogP) is 1.89. The molecule has 0 atom stereocenters. The molecular formula is C29H28ClN9O10S3. The number of piperazine rings is 1. The van der Waals surface area contributed by atoms with Crippen molar-refractivity contribution in [2.75, 3.05) is 54.9 Å². The first-order chi connectivity index (χ1) is 24.4. The molecule has 1 aliphatic heterocycles. The minimum Gasteiger partial charge on any atom is -0.338 e. The van der Waals surface area contributed by atoms with Crippen LogP contribution in [0.1, 0.15) is 15.9 Å². The smallest absolute Gasteiger partial charge is 0.297 e. The standard InChI is InChI=1S/C29H28ClN9O10S3/c30-27-33-28(35-29(34-27)39-12-10-38(9-8-31)11-13-39)32-17-4-5-18-16(14-17)15-23(51(44,45)46)24(25(18)40)37-36-21-7-6-19-20(26(21)52(47,48)49)2-1-3-22(19)50(41,42)43/h1-7,14-15,36H,8-13,31H2,(H,41,42,43)(H,44,45,46)(H,47,48,49)(H,32,33,34,35)/b37-24+. The summed E-state index contributed by atoms with van der Waals surface area (Å²) in [5.41, 5.74) is 6.82. The molecular weight excluding hydrogens is 766 g/mol. The Morgan fingerprint density at radius 3 is 2.25 bits per heavy atom. The van der Waals surface area contributed by atoms with E-state index in [-0.39, 0.29) is 33.1 Å². The largest absolute Gasteiger partial charge is 0.338 e. The van der Waals surface area contributed by atoms with Crippen LogP contribution < -0.4 is 21.4 Å². The van der Waals surface area contributed by atoms with Gasteiger partial charge in [-0.2, -0.15) is 45.3 Å². The summed E-state index contributed by atoms with van der Waals surface area (Å²) in [7, 11) is -15.1. The second-order valence-corrected chi connectivity index (χ2v) is 15.9. The molecule has 1 aliphatic carbocycles. The first-order valence-corrected chi connectivity index (χ1v) is 19.7. The second kappa shape index (κ2) is 14.1. The van der Waals surface area contributed by atoms with Crippen LogP contribution in [0.5, 0.6) is 0 Å². The molecule has 7 N–H and O–H groups in total. The first-order valence-electron chi connectivity index (χ1n) is 15.0. The molecule has 23 heteroatoms. The molecule has 2 aliphatic rings. The summed E-state index contributed by atoms with van der Waals surface area (Å²) >= 11 is 6.19. The fourth-order valence-electron chi connectivity index (χ4n) is 5.75. The molecule has 3 aromatic carbocycles. The lowest BCUT2D eigenvalue weighted by Gasteiger charge is -2.34. The molecule has 2 heterocycles. The molecule has 0 unspecified atom stereocenters. The van der Waals surface area contributed by atoms with Crippen molar-refractivity contribution in [2.45, 2.75) is 9.79 Å². The third-order valence-electron chi connectivity index (χ3n) is 8.06. The van der Waals surface area contributed by atoms with Crippen molar-refractivity contribution < 1.29 is 43.7 Å². The van der Waals surface area contributed by atoms with Crippen molar-refractivity contribution in [2.24, 2.45) is 10.8 Å². The third kappa shape index (κ3) is 7.74. The van der Waals surface area contributed by atoms with Gasteiger partial charge in [-0.3, -0.25) is 28.8 Å². The van der Waals surface area contributed by atoms with E-state index in [4.69, 9.17) is 17.3 Å². The number of benzene rings is 3. The van der Waals surface area contributed by atoms with E-state index in [2.05, 4.69) is 35.7 Å². The highest BCUT2D eigenvalue weighted by Gasteiger charge is 2.33. The van der Waals surface area contributed by atoms with Crippen LogP contribution in [0.15, 0.2) is 68.3 Å². The van der Waals surface area contributed by atoms with Gasteiger partial charge in [-0.25, -0.2) is 0 Å². The molecule has 0 spiro atoms. The van der Waals surface area contributed by atoms with Gasteiger partial charge in [0.15, 0.2) is 5.71 Å². The maximum atomic E-state index is 13.6. The summed E-state index contributed by atoms with van der Waals surface area (Å²) in [5, 5.41) is 6.02. The van der Waals surface area contributed by atoms with Gasteiger partial charge in [-0.05, 0) is 53.6 Å². The molecule has 274 valence electrons. The van der Waals surface area contributed by atoms with Crippen LogP contribution in [0.3, 0.4) is 0 Å². The molecule has 1 aromatic heterocycles. The molecule has 52 heavy (non-hydrogen) atoms. The molecule has 4 aromatic rings. The minimum absolute atomic E-state index is 0.0417. The number of Topliss-reactive ketones (excluding diaryl/α,β-unsaturated/α-hetero) is 1. The fraction of sp³-hybridized carbons (Fsp3) is 0.207. The lowest BCUT2D eigenvalue weighted by molar-refractivity contribution is 0.106. The van der Waals surface area contributed by atoms with E-state index in [0.717, 1.165) is 56.0 Å². The Balaban J connectivity index is 1.33. The molecule has 6 rings (SSSR count). The number of carbonyl (C=O) groups excluding carboxylic acids is 1. The van der Waals surface area contributed by atoms with E-state index in [1.54, 1.807) is 0 Å². The van der Waals surface area contributed by atoms with Crippen molar-refractivity contribution >= 4 is 93.6 Å². The molecule has 19 nitrogen and oxygen atoms in total. The Labute approximate surface area is 301 Å².